The molecule has 1 aromatic rings. The second kappa shape index (κ2) is 15.4. The third-order valence-electron chi connectivity index (χ3n) is 10.9. The van der Waals surface area contributed by atoms with Crippen LogP contribution in [-0.4, -0.2) is 108 Å². The minimum atomic E-state index is -2.86. The van der Waals surface area contributed by atoms with Crippen molar-refractivity contribution in [3.05, 3.63) is 29.8 Å². The van der Waals surface area contributed by atoms with Crippen molar-refractivity contribution in [1.29, 1.82) is 0 Å². The van der Waals surface area contributed by atoms with Gasteiger partial charge in [-0.1, -0.05) is 45.9 Å². The molecule has 278 valence electrons. The standard InChI is InChI=1S/C36H53F2N5O7/c1-6-49-24-17-23-18-43(27(20-42(23)19-24)32(45)39-26-13-16-50-28-10-8-7-9-25(26)28)33(46)29(22-11-14-36(37,38)15-12-22)40-31(44)21(2)30(35(3,4)5)41-34(47)48/h7-10,21-24,26-27,29-30,41H,6,11-20H2,1-5H3,(H,39,45)(H,40,44)(H,47,48)/t21-,23+,24+,26+,27-,29-,30?/m0/s1. The van der Waals surface area contributed by atoms with Crippen LogP contribution in [0.25, 0.3) is 0 Å². The van der Waals surface area contributed by atoms with E-state index in [0.29, 0.717) is 38.3 Å². The number of piperazine rings is 1. The minimum absolute atomic E-state index is 0.0136. The molecule has 0 bridgehead atoms. The van der Waals surface area contributed by atoms with Gasteiger partial charge in [0, 0.05) is 63.2 Å². The fourth-order valence-electron chi connectivity index (χ4n) is 8.23. The fraction of sp³-hybridized carbons (Fsp3) is 0.722. The molecule has 0 radical (unpaired) electrons. The number of carboxylic acid groups (broad SMARTS) is 1. The Labute approximate surface area is 293 Å². The van der Waals surface area contributed by atoms with Crippen molar-refractivity contribution in [2.24, 2.45) is 17.3 Å². The van der Waals surface area contributed by atoms with Gasteiger partial charge in [0.25, 0.3) is 0 Å². The molecule has 14 heteroatoms. The van der Waals surface area contributed by atoms with E-state index in [1.807, 2.05) is 31.2 Å². The molecule has 0 aromatic heterocycles. The van der Waals surface area contributed by atoms with Gasteiger partial charge in [0.1, 0.15) is 17.8 Å². The number of amides is 4. The van der Waals surface area contributed by atoms with E-state index >= 15 is 0 Å². The first kappa shape index (κ1) is 37.7. The van der Waals surface area contributed by atoms with Crippen LogP contribution in [0.4, 0.5) is 13.6 Å². The van der Waals surface area contributed by atoms with Crippen LogP contribution >= 0.6 is 0 Å². The summed E-state index contributed by atoms with van der Waals surface area (Å²) in [4.78, 5) is 58.3. The summed E-state index contributed by atoms with van der Waals surface area (Å²) >= 11 is 0. The molecule has 3 fully saturated rings. The molecule has 4 aliphatic rings. The van der Waals surface area contributed by atoms with Crippen LogP contribution in [0.2, 0.25) is 0 Å². The zero-order valence-corrected chi connectivity index (χ0v) is 29.8. The monoisotopic (exact) mass is 705 g/mol. The number of nitrogens with zero attached hydrogens (tertiary/aromatic N) is 2. The summed E-state index contributed by atoms with van der Waals surface area (Å²) in [5.41, 5.74) is 0.200. The Balaban J connectivity index is 1.44. The lowest BCUT2D eigenvalue weighted by Gasteiger charge is -2.45. The number of alkyl halides is 2. The van der Waals surface area contributed by atoms with E-state index in [4.69, 9.17) is 9.47 Å². The fourth-order valence-corrected chi connectivity index (χ4v) is 8.23. The van der Waals surface area contributed by atoms with E-state index in [2.05, 4.69) is 20.9 Å². The number of carbonyl (C=O) groups excluding carboxylic acids is 3. The molecule has 12 nitrogen and oxygen atoms in total. The summed E-state index contributed by atoms with van der Waals surface area (Å²) < 4.78 is 40.4. The molecular weight excluding hydrogens is 652 g/mol. The van der Waals surface area contributed by atoms with E-state index < -0.39 is 72.0 Å². The first-order valence-corrected chi connectivity index (χ1v) is 17.9. The smallest absolute Gasteiger partial charge is 0.404 e. The lowest BCUT2D eigenvalue weighted by atomic mass is 9.78. The molecule has 5 rings (SSSR count). The van der Waals surface area contributed by atoms with Crippen molar-refractivity contribution in [1.82, 2.24) is 25.8 Å². The zero-order valence-electron chi connectivity index (χ0n) is 29.8. The van der Waals surface area contributed by atoms with Crippen LogP contribution in [0.5, 0.6) is 5.75 Å². The highest BCUT2D eigenvalue weighted by atomic mass is 19.3. The zero-order chi connectivity index (χ0) is 36.4. The molecule has 3 heterocycles. The highest BCUT2D eigenvalue weighted by molar-refractivity contribution is 5.93. The van der Waals surface area contributed by atoms with Crippen molar-refractivity contribution < 1.29 is 42.5 Å². The number of ether oxygens (including phenoxy) is 2. The van der Waals surface area contributed by atoms with Crippen LogP contribution in [0.15, 0.2) is 24.3 Å². The molecule has 0 spiro atoms. The summed E-state index contributed by atoms with van der Waals surface area (Å²) in [5, 5.41) is 18.0. The number of fused-ring (bicyclic) bond motifs is 2. The maximum atomic E-state index is 14.8. The second-order valence-corrected chi connectivity index (χ2v) is 15.4. The molecule has 1 aromatic carbocycles. The van der Waals surface area contributed by atoms with Gasteiger partial charge >= 0.3 is 6.09 Å². The minimum Gasteiger partial charge on any atom is -0.493 e. The van der Waals surface area contributed by atoms with Crippen LogP contribution in [-0.2, 0) is 19.1 Å². The largest absolute Gasteiger partial charge is 0.493 e. The van der Waals surface area contributed by atoms with Crippen LogP contribution in [0.1, 0.15) is 84.7 Å². The third-order valence-corrected chi connectivity index (χ3v) is 10.9. The van der Waals surface area contributed by atoms with Crippen molar-refractivity contribution in [3.63, 3.8) is 0 Å². The lowest BCUT2D eigenvalue weighted by molar-refractivity contribution is -0.151. The molecule has 3 aliphatic heterocycles. The Morgan fingerprint density at radius 2 is 1.76 bits per heavy atom. The Kier molecular flexibility index (Phi) is 11.6. The van der Waals surface area contributed by atoms with Gasteiger partial charge < -0.3 is 35.4 Å². The van der Waals surface area contributed by atoms with E-state index in [9.17, 15) is 33.1 Å². The van der Waals surface area contributed by atoms with Gasteiger partial charge in [-0.05, 0) is 43.6 Å². The van der Waals surface area contributed by atoms with Gasteiger partial charge in [0.15, 0.2) is 0 Å². The van der Waals surface area contributed by atoms with E-state index in [-0.39, 0.29) is 50.0 Å². The van der Waals surface area contributed by atoms with Crippen LogP contribution in [0.3, 0.4) is 0 Å². The summed E-state index contributed by atoms with van der Waals surface area (Å²) in [6.45, 7) is 11.0. The molecule has 50 heavy (non-hydrogen) atoms. The Morgan fingerprint density at radius 1 is 1.06 bits per heavy atom. The average molecular weight is 706 g/mol. The van der Waals surface area contributed by atoms with E-state index in [0.717, 1.165) is 5.56 Å². The van der Waals surface area contributed by atoms with Gasteiger partial charge in [-0.3, -0.25) is 19.3 Å². The molecule has 4 N–H and O–H groups in total. The first-order valence-electron chi connectivity index (χ1n) is 17.9. The molecule has 1 unspecified atom stereocenters. The molecule has 1 saturated carbocycles. The Morgan fingerprint density at radius 3 is 2.42 bits per heavy atom. The third kappa shape index (κ3) is 8.67. The molecular formula is C36H53F2N5O7. The maximum Gasteiger partial charge on any atom is 0.404 e. The molecule has 2 saturated heterocycles. The number of para-hydroxylation sites is 1. The highest BCUT2D eigenvalue weighted by Gasteiger charge is 2.49. The van der Waals surface area contributed by atoms with Crippen molar-refractivity contribution in [3.8, 4) is 5.75 Å². The van der Waals surface area contributed by atoms with Gasteiger partial charge in [-0.2, -0.15) is 0 Å². The van der Waals surface area contributed by atoms with Gasteiger partial charge in [-0.15, -0.1) is 0 Å². The Hall–Kier alpha value is -3.52. The summed E-state index contributed by atoms with van der Waals surface area (Å²) in [6.07, 6.45) is -0.938. The number of rotatable bonds is 10. The van der Waals surface area contributed by atoms with Gasteiger partial charge in [0.2, 0.25) is 23.6 Å². The number of benzene rings is 1. The normalized spacial score (nSPS) is 27.1. The molecule has 7 atom stereocenters. The lowest BCUT2D eigenvalue weighted by Crippen LogP contribution is -2.66. The number of carbonyl (C=O) groups is 4. The number of halogens is 2. The van der Waals surface area contributed by atoms with Crippen molar-refractivity contribution in [2.75, 3.05) is 32.8 Å². The summed E-state index contributed by atoms with van der Waals surface area (Å²) in [7, 11) is 0. The predicted octanol–water partition coefficient (Wildman–Crippen LogP) is 3.95. The van der Waals surface area contributed by atoms with Crippen molar-refractivity contribution >= 4 is 23.8 Å². The van der Waals surface area contributed by atoms with Crippen LogP contribution in [0, 0.1) is 17.3 Å². The van der Waals surface area contributed by atoms with E-state index in [1.165, 1.54) is 4.90 Å². The van der Waals surface area contributed by atoms with E-state index in [1.54, 1.807) is 27.7 Å². The molecule has 1 aliphatic carbocycles. The second-order valence-electron chi connectivity index (χ2n) is 15.4. The summed E-state index contributed by atoms with van der Waals surface area (Å²) in [5.74, 6) is -5.06. The van der Waals surface area contributed by atoms with Gasteiger partial charge in [-0.25, -0.2) is 13.6 Å². The maximum absolute atomic E-state index is 14.8. The average Bonchev–Trinajstić information content (AvgIpc) is 3.46. The SMILES string of the molecule is CCO[C@@H]1C[C@@H]2CN(C(=O)[C@@H](NC(=O)[C@@H](C)C(NC(=O)O)C(C)(C)C)C3CCC(F)(F)CC3)[C@H](C(=O)N[C@@H]3CCOc4ccccc43)CN2C1. The van der Waals surface area contributed by atoms with Crippen LogP contribution < -0.4 is 20.7 Å². The highest BCUT2D eigenvalue weighted by Crippen LogP contribution is 2.39. The number of hydrogen-bond acceptors (Lipinski definition) is 7. The predicted molar refractivity (Wildman–Crippen MR) is 181 cm³/mol. The quantitative estimate of drug-likeness (QED) is 0.286. The molecule has 4 amide bonds. The topological polar surface area (TPSA) is 150 Å². The summed E-state index contributed by atoms with van der Waals surface area (Å²) in [6, 6.07) is 4.20. The number of hydrogen-bond donors (Lipinski definition) is 4. The van der Waals surface area contributed by atoms with Crippen molar-refractivity contribution in [2.45, 2.75) is 115 Å². The first-order chi connectivity index (χ1) is 23.6. The Bertz CT molecular complexity index is 1400. The number of nitrogens with one attached hydrogen (secondary N) is 3. The van der Waals surface area contributed by atoms with Gasteiger partial charge in [0.05, 0.1) is 24.7 Å².